The average Bonchev–Trinajstić information content (AvgIpc) is 2.38. The number of hydrogen-bond donors (Lipinski definition) is 1. The Morgan fingerprint density at radius 2 is 2.00 bits per heavy atom. The fourth-order valence-corrected chi connectivity index (χ4v) is 2.82. The predicted octanol–water partition coefficient (Wildman–Crippen LogP) is 1.71. The molecule has 0 amide bonds. The van der Waals surface area contributed by atoms with E-state index >= 15 is 0 Å². The number of benzene rings is 1. The van der Waals surface area contributed by atoms with Crippen LogP contribution in [0.15, 0.2) is 24.3 Å². The summed E-state index contributed by atoms with van der Waals surface area (Å²) in [7, 11) is -3.45. The molecule has 1 aliphatic heterocycles. The molecule has 7 heteroatoms. The van der Waals surface area contributed by atoms with Crippen LogP contribution in [-0.4, -0.2) is 38.4 Å². The summed E-state index contributed by atoms with van der Waals surface area (Å²) in [4.78, 5) is 10.7. The zero-order valence-corrected chi connectivity index (χ0v) is 12.6. The zero-order valence-electron chi connectivity index (χ0n) is 11.7. The molecule has 0 bridgehead atoms. The van der Waals surface area contributed by atoms with E-state index in [1.165, 1.54) is 4.31 Å². The summed E-state index contributed by atoms with van der Waals surface area (Å²) in [5.74, 6) is -0.631. The summed E-state index contributed by atoms with van der Waals surface area (Å²) in [5.41, 5.74) is 0.446. The number of fused-ring (bicyclic) bond motifs is 1. The highest BCUT2D eigenvalue weighted by molar-refractivity contribution is 7.92. The minimum Gasteiger partial charge on any atom is -0.486 e. The van der Waals surface area contributed by atoms with Gasteiger partial charge in [-0.1, -0.05) is 26.0 Å². The molecule has 1 atom stereocenters. The molecule has 112 valence electrons. The highest BCUT2D eigenvalue weighted by atomic mass is 32.2. The van der Waals surface area contributed by atoms with E-state index < -0.39 is 22.1 Å². The van der Waals surface area contributed by atoms with Gasteiger partial charge in [0.1, 0.15) is 11.9 Å². The van der Waals surface area contributed by atoms with Gasteiger partial charge in [-0.3, -0.25) is 9.10 Å². The van der Waals surface area contributed by atoms with Crippen molar-refractivity contribution in [2.24, 2.45) is 0 Å². The highest BCUT2D eigenvalue weighted by Crippen LogP contribution is 2.35. The number of nitrogens with zero attached hydrogens (tertiary/aromatic N) is 1. The van der Waals surface area contributed by atoms with Gasteiger partial charge in [0.25, 0.3) is 0 Å². The fraction of sp³-hybridized carbons (Fsp3) is 0.462. The third-order valence-corrected chi connectivity index (χ3v) is 3.75. The lowest BCUT2D eigenvalue weighted by Gasteiger charge is -2.34. The lowest BCUT2D eigenvalue weighted by molar-refractivity contribution is -0.138. The number of para-hydroxylation sites is 2. The molecule has 0 aromatic heterocycles. The molecule has 0 aliphatic carbocycles. The van der Waals surface area contributed by atoms with Crippen molar-refractivity contribution in [3.05, 3.63) is 24.3 Å². The molecule has 0 fully saturated rings. The molecule has 1 aliphatic rings. The van der Waals surface area contributed by atoms with E-state index in [0.29, 0.717) is 11.4 Å². The van der Waals surface area contributed by atoms with Crippen LogP contribution >= 0.6 is 0 Å². The second-order valence-electron chi connectivity index (χ2n) is 4.10. The smallest absolute Gasteiger partial charge is 0.307 e. The van der Waals surface area contributed by atoms with Crippen molar-refractivity contribution >= 4 is 21.7 Å². The van der Waals surface area contributed by atoms with Crippen molar-refractivity contribution in [2.45, 2.75) is 26.4 Å². The van der Waals surface area contributed by atoms with Crippen molar-refractivity contribution in [2.75, 3.05) is 17.1 Å². The number of carbonyl (C=O) groups is 1. The molecule has 1 aromatic carbocycles. The largest absolute Gasteiger partial charge is 0.486 e. The van der Waals surface area contributed by atoms with E-state index in [1.54, 1.807) is 24.3 Å². The number of carboxylic acid groups (broad SMARTS) is 1. The van der Waals surface area contributed by atoms with E-state index in [0.717, 1.165) is 6.26 Å². The molecule has 0 unspecified atom stereocenters. The SMILES string of the molecule is CC.CS(=O)(=O)N1C[C@H](CC(=O)O)Oc2ccccc21. The first kappa shape index (κ1) is 16.3. The van der Waals surface area contributed by atoms with Crippen molar-refractivity contribution in [1.82, 2.24) is 0 Å². The number of aliphatic carboxylic acids is 1. The lowest BCUT2D eigenvalue weighted by atomic mass is 10.2. The van der Waals surface area contributed by atoms with Crippen molar-refractivity contribution in [3.8, 4) is 5.75 Å². The molecule has 0 spiro atoms. The van der Waals surface area contributed by atoms with Gasteiger partial charge in [-0.25, -0.2) is 8.42 Å². The van der Waals surface area contributed by atoms with Crippen molar-refractivity contribution in [1.29, 1.82) is 0 Å². The van der Waals surface area contributed by atoms with Gasteiger partial charge in [-0.05, 0) is 12.1 Å². The maximum absolute atomic E-state index is 11.7. The Labute approximate surface area is 119 Å². The maximum atomic E-state index is 11.7. The summed E-state index contributed by atoms with van der Waals surface area (Å²) in [6, 6.07) is 6.68. The quantitative estimate of drug-likeness (QED) is 0.919. The molecule has 6 nitrogen and oxygen atoms in total. The number of rotatable bonds is 3. The third kappa shape index (κ3) is 3.86. The highest BCUT2D eigenvalue weighted by Gasteiger charge is 2.31. The van der Waals surface area contributed by atoms with Gasteiger partial charge in [0.05, 0.1) is 24.9 Å². The number of carboxylic acids is 1. The number of sulfonamides is 1. The fourth-order valence-electron chi connectivity index (χ4n) is 1.88. The Bertz CT molecular complexity index is 570. The van der Waals surface area contributed by atoms with E-state index in [4.69, 9.17) is 9.84 Å². The molecule has 1 aromatic rings. The Morgan fingerprint density at radius 3 is 2.55 bits per heavy atom. The standard InChI is InChI=1S/C11H13NO5S.C2H6/c1-18(15,16)12-7-8(6-11(13)14)17-10-5-3-2-4-9(10)12;1-2/h2-5,8H,6-7H2,1H3,(H,13,14);1-2H3/t8-;/m0./s1. The van der Waals surface area contributed by atoms with Crippen LogP contribution in [0.3, 0.4) is 0 Å². The van der Waals surface area contributed by atoms with Gasteiger partial charge >= 0.3 is 5.97 Å². The molecule has 0 radical (unpaired) electrons. The minimum absolute atomic E-state index is 0.0160. The Balaban J connectivity index is 0.000000956. The lowest BCUT2D eigenvalue weighted by Crippen LogP contribution is -2.43. The monoisotopic (exact) mass is 301 g/mol. The molecule has 0 saturated heterocycles. The van der Waals surface area contributed by atoms with E-state index in [2.05, 4.69) is 0 Å². The van der Waals surface area contributed by atoms with Crippen LogP contribution in [0.4, 0.5) is 5.69 Å². The number of hydrogen-bond acceptors (Lipinski definition) is 4. The normalized spacial score (nSPS) is 17.4. The van der Waals surface area contributed by atoms with Gasteiger partial charge in [-0.15, -0.1) is 0 Å². The summed E-state index contributed by atoms with van der Waals surface area (Å²) in [5, 5.41) is 8.75. The summed E-state index contributed by atoms with van der Waals surface area (Å²) < 4.78 is 30.1. The second-order valence-corrected chi connectivity index (χ2v) is 6.01. The van der Waals surface area contributed by atoms with E-state index in [9.17, 15) is 13.2 Å². The van der Waals surface area contributed by atoms with Crippen LogP contribution in [0.2, 0.25) is 0 Å². The van der Waals surface area contributed by atoms with Gasteiger partial charge in [-0.2, -0.15) is 0 Å². The summed E-state index contributed by atoms with van der Waals surface area (Å²) in [6.07, 6.45) is 0.180. The maximum Gasteiger partial charge on any atom is 0.307 e. The van der Waals surface area contributed by atoms with Gasteiger partial charge < -0.3 is 9.84 Å². The second kappa shape index (κ2) is 6.60. The van der Waals surface area contributed by atoms with Gasteiger partial charge in [0, 0.05) is 0 Å². The van der Waals surface area contributed by atoms with Crippen LogP contribution in [0, 0.1) is 0 Å². The van der Waals surface area contributed by atoms with Crippen molar-refractivity contribution in [3.63, 3.8) is 0 Å². The number of anilines is 1. The zero-order chi connectivity index (χ0) is 15.3. The minimum atomic E-state index is -3.45. The van der Waals surface area contributed by atoms with E-state index in [-0.39, 0.29) is 13.0 Å². The van der Waals surface area contributed by atoms with Crippen LogP contribution in [-0.2, 0) is 14.8 Å². The Kier molecular flexibility index (Phi) is 5.38. The number of ether oxygens (including phenoxy) is 1. The molecular formula is C13H19NO5S. The predicted molar refractivity (Wildman–Crippen MR) is 76.6 cm³/mol. The average molecular weight is 301 g/mol. The first-order valence-corrected chi connectivity index (χ1v) is 8.18. The van der Waals surface area contributed by atoms with Gasteiger partial charge in [0.2, 0.25) is 10.0 Å². The Hall–Kier alpha value is -1.76. The third-order valence-electron chi connectivity index (χ3n) is 2.60. The van der Waals surface area contributed by atoms with E-state index in [1.807, 2.05) is 13.8 Å². The molecule has 20 heavy (non-hydrogen) atoms. The Morgan fingerprint density at radius 1 is 1.40 bits per heavy atom. The summed E-state index contributed by atoms with van der Waals surface area (Å²) in [6.45, 7) is 4.02. The molecule has 2 rings (SSSR count). The van der Waals surface area contributed by atoms with Crippen LogP contribution in [0.25, 0.3) is 0 Å². The van der Waals surface area contributed by atoms with Gasteiger partial charge in [0.15, 0.2) is 0 Å². The molecular weight excluding hydrogens is 282 g/mol. The topological polar surface area (TPSA) is 83.9 Å². The van der Waals surface area contributed by atoms with Crippen LogP contribution in [0.1, 0.15) is 20.3 Å². The van der Waals surface area contributed by atoms with Crippen LogP contribution in [0.5, 0.6) is 5.75 Å². The molecule has 0 saturated carbocycles. The van der Waals surface area contributed by atoms with Crippen molar-refractivity contribution < 1.29 is 23.1 Å². The molecule has 1 N–H and O–H groups in total. The molecule has 1 heterocycles. The summed E-state index contributed by atoms with van der Waals surface area (Å²) >= 11 is 0. The van der Waals surface area contributed by atoms with Crippen LogP contribution < -0.4 is 9.04 Å². The first-order chi connectivity index (χ1) is 9.38. The first-order valence-electron chi connectivity index (χ1n) is 6.33.